The van der Waals surface area contributed by atoms with Crippen LogP contribution in [0.3, 0.4) is 0 Å². The van der Waals surface area contributed by atoms with Crippen molar-refractivity contribution < 1.29 is 23.5 Å². The van der Waals surface area contributed by atoms with E-state index < -0.39 is 31.6 Å². The molecule has 2 amide bonds. The SMILES string of the molecule is C[C@H]1[C@H]([Si](C)(C)F)[C@@H](CCn2cc(C(CO)c3ccccc3)nn2)O[C@]12C(=O)N(Cc1cccc(N3CCCCCCC3=O)c1)c1ccc(Br)cc12. The Morgan fingerprint density at radius 1 is 1.04 bits per heavy atom. The first kappa shape index (κ1) is 36.6. The zero-order valence-corrected chi connectivity index (χ0v) is 32.6. The highest BCUT2D eigenvalue weighted by Gasteiger charge is 2.66. The summed E-state index contributed by atoms with van der Waals surface area (Å²) in [5.74, 6) is -0.790. The number of hydrogen-bond donors (Lipinski definition) is 1. The van der Waals surface area contributed by atoms with Crippen molar-refractivity contribution in [2.75, 3.05) is 23.0 Å². The molecule has 1 spiro atoms. The minimum Gasteiger partial charge on any atom is -0.395 e. The topological polar surface area (TPSA) is 101 Å². The summed E-state index contributed by atoms with van der Waals surface area (Å²) in [7, 11) is -3.37. The maximum absolute atomic E-state index is 16.5. The van der Waals surface area contributed by atoms with Crippen LogP contribution in [0.2, 0.25) is 18.6 Å². The number of carbonyl (C=O) groups is 2. The zero-order chi connectivity index (χ0) is 36.6. The molecule has 3 aliphatic heterocycles. The lowest BCUT2D eigenvalue weighted by molar-refractivity contribution is -0.146. The van der Waals surface area contributed by atoms with E-state index in [1.807, 2.05) is 90.8 Å². The highest BCUT2D eigenvalue weighted by molar-refractivity contribution is 9.10. The first-order valence-electron chi connectivity index (χ1n) is 18.4. The average Bonchev–Trinajstić information content (AvgIpc) is 3.77. The van der Waals surface area contributed by atoms with E-state index in [2.05, 4.69) is 26.2 Å². The number of carbonyl (C=O) groups excluding carboxylic acids is 2. The second kappa shape index (κ2) is 15.0. The van der Waals surface area contributed by atoms with Crippen LogP contribution >= 0.6 is 15.9 Å². The summed E-state index contributed by atoms with van der Waals surface area (Å²) < 4.78 is 26.0. The molecule has 4 aromatic rings. The van der Waals surface area contributed by atoms with Crippen LogP contribution in [0.25, 0.3) is 0 Å². The fourth-order valence-corrected chi connectivity index (χ4v) is 11.7. The molecule has 1 N–H and O–H groups in total. The lowest BCUT2D eigenvalue weighted by Gasteiger charge is -2.31. The van der Waals surface area contributed by atoms with Crippen LogP contribution in [0.1, 0.15) is 73.8 Å². The Morgan fingerprint density at radius 2 is 1.83 bits per heavy atom. The molecule has 52 heavy (non-hydrogen) atoms. The van der Waals surface area contributed by atoms with Gasteiger partial charge in [0.05, 0.1) is 36.6 Å². The molecule has 9 nitrogen and oxygen atoms in total. The highest BCUT2D eigenvalue weighted by atomic mass is 79.9. The van der Waals surface area contributed by atoms with Gasteiger partial charge in [-0.3, -0.25) is 14.3 Å². The third-order valence-electron chi connectivity index (χ3n) is 11.2. The summed E-state index contributed by atoms with van der Waals surface area (Å²) in [6.45, 7) is 6.68. The van der Waals surface area contributed by atoms with Gasteiger partial charge in [-0.1, -0.05) is 83.4 Å². The fourth-order valence-electron chi connectivity index (χ4n) is 8.78. The van der Waals surface area contributed by atoms with Gasteiger partial charge in [-0.25, -0.2) is 0 Å². The molecule has 0 radical (unpaired) electrons. The lowest BCUT2D eigenvalue weighted by atomic mass is 9.82. The molecule has 0 saturated carbocycles. The molecular formula is C40H47BrFN5O4Si. The van der Waals surface area contributed by atoms with Crippen molar-refractivity contribution in [3.8, 4) is 0 Å². The number of halogens is 2. The smallest absolute Gasteiger partial charge is 0.264 e. The number of amides is 2. The molecule has 3 aliphatic rings. The second-order valence-corrected chi connectivity index (χ2v) is 19.8. The normalized spacial score (nSPS) is 24.3. The first-order chi connectivity index (χ1) is 25.0. The van der Waals surface area contributed by atoms with E-state index in [4.69, 9.17) is 4.74 Å². The van der Waals surface area contributed by atoms with Crippen molar-refractivity contribution in [2.24, 2.45) is 5.92 Å². The molecule has 2 fully saturated rings. The van der Waals surface area contributed by atoms with Crippen molar-refractivity contribution in [1.29, 1.82) is 0 Å². The van der Waals surface area contributed by atoms with Crippen molar-refractivity contribution in [2.45, 2.75) is 94.8 Å². The molecule has 3 aromatic carbocycles. The van der Waals surface area contributed by atoms with Gasteiger partial charge in [0.1, 0.15) is 0 Å². The van der Waals surface area contributed by atoms with E-state index in [1.165, 1.54) is 0 Å². The maximum Gasteiger partial charge on any atom is 0.264 e. The summed E-state index contributed by atoms with van der Waals surface area (Å²) in [6, 6.07) is 23.4. The van der Waals surface area contributed by atoms with E-state index in [0.29, 0.717) is 38.2 Å². The number of hydrogen-bond acceptors (Lipinski definition) is 6. The van der Waals surface area contributed by atoms with Crippen LogP contribution < -0.4 is 9.80 Å². The standard InChI is InChI=1S/C40H47BrFN5O4Si/c1-27-38(52(2,3)42)36(19-21-45-25-34(43-44-45)32(26-48)29-13-7-6-8-14-29)51-40(27)33-23-30(41)17-18-35(33)47(39(40)50)24-28-12-11-15-31(22-28)46-20-10-5-4-9-16-37(46)49/h6-8,11-15,17-18,22-23,25,27,32,36,38,48H,4-5,9-10,16,19-21,24,26H2,1-3H3/t27-,32?,36+,38-,40+/m0/s1. The Bertz CT molecular complexity index is 1920. The lowest BCUT2D eigenvalue weighted by Crippen LogP contribution is -2.45. The molecular weight excluding hydrogens is 741 g/mol. The van der Waals surface area contributed by atoms with Crippen molar-refractivity contribution in [3.63, 3.8) is 0 Å². The van der Waals surface area contributed by atoms with Crippen LogP contribution in [-0.2, 0) is 33.0 Å². The molecule has 1 aromatic heterocycles. The van der Waals surface area contributed by atoms with Gasteiger partial charge in [0.2, 0.25) is 14.3 Å². The molecule has 12 heteroatoms. The molecule has 274 valence electrons. The van der Waals surface area contributed by atoms with E-state index >= 15 is 4.11 Å². The molecule has 4 heterocycles. The number of rotatable bonds is 10. The molecule has 1 unspecified atom stereocenters. The number of fused-ring (bicyclic) bond motifs is 2. The Kier molecular flexibility index (Phi) is 10.5. The van der Waals surface area contributed by atoms with E-state index in [0.717, 1.165) is 58.2 Å². The van der Waals surface area contributed by atoms with Gasteiger partial charge >= 0.3 is 0 Å². The minimum atomic E-state index is -3.37. The average molecular weight is 789 g/mol. The highest BCUT2D eigenvalue weighted by Crippen LogP contribution is 2.60. The van der Waals surface area contributed by atoms with Gasteiger partial charge in [-0.05, 0) is 73.8 Å². The molecule has 0 bridgehead atoms. The number of aromatic nitrogens is 3. The van der Waals surface area contributed by atoms with Crippen molar-refractivity contribution in [3.05, 3.63) is 106 Å². The van der Waals surface area contributed by atoms with Crippen molar-refractivity contribution in [1.82, 2.24) is 15.0 Å². The van der Waals surface area contributed by atoms with E-state index in [9.17, 15) is 14.7 Å². The van der Waals surface area contributed by atoms with Gasteiger partial charge in [-0.2, -0.15) is 0 Å². The fraction of sp³-hybridized carbons (Fsp3) is 0.450. The van der Waals surface area contributed by atoms with Crippen LogP contribution in [0, 0.1) is 5.92 Å². The molecule has 7 rings (SSSR count). The Hall–Kier alpha value is -3.71. The summed E-state index contributed by atoms with van der Waals surface area (Å²) in [5.41, 5.74) is 3.05. The van der Waals surface area contributed by atoms with Crippen molar-refractivity contribution >= 4 is 47.5 Å². The van der Waals surface area contributed by atoms with Gasteiger partial charge < -0.3 is 23.8 Å². The van der Waals surface area contributed by atoms with Gasteiger partial charge in [0.25, 0.3) is 5.91 Å². The van der Waals surface area contributed by atoms with Crippen LogP contribution in [0.4, 0.5) is 15.5 Å². The minimum absolute atomic E-state index is 0.105. The third kappa shape index (κ3) is 6.90. The monoisotopic (exact) mass is 787 g/mol. The third-order valence-corrected chi connectivity index (χ3v) is 14.2. The summed E-state index contributed by atoms with van der Waals surface area (Å²) >= 11 is 3.64. The van der Waals surface area contributed by atoms with E-state index in [-0.39, 0.29) is 24.3 Å². The number of nitrogens with zero attached hydrogens (tertiary/aromatic N) is 5. The Balaban J connectivity index is 1.16. The summed E-state index contributed by atoms with van der Waals surface area (Å²) in [4.78, 5) is 31.7. The quantitative estimate of drug-likeness (QED) is 0.130. The number of ether oxygens (including phenoxy) is 1. The van der Waals surface area contributed by atoms with Gasteiger partial charge in [0.15, 0.2) is 5.60 Å². The van der Waals surface area contributed by atoms with Crippen LogP contribution in [-0.4, -0.2) is 59.6 Å². The first-order valence-corrected chi connectivity index (χ1v) is 22.2. The van der Waals surface area contributed by atoms with Gasteiger partial charge in [0, 0.05) is 52.9 Å². The number of aliphatic hydroxyl groups excluding tert-OH is 1. The predicted molar refractivity (Wildman–Crippen MR) is 205 cm³/mol. The van der Waals surface area contributed by atoms with Gasteiger partial charge in [-0.15, -0.1) is 5.10 Å². The van der Waals surface area contributed by atoms with Crippen LogP contribution in [0.15, 0.2) is 83.5 Å². The van der Waals surface area contributed by atoms with E-state index in [1.54, 1.807) is 22.7 Å². The molecule has 5 atom stereocenters. The Labute approximate surface area is 314 Å². The maximum atomic E-state index is 16.5. The predicted octanol–water partition coefficient (Wildman–Crippen LogP) is 7.87. The number of aryl methyl sites for hydroxylation is 1. The number of benzene rings is 3. The summed E-state index contributed by atoms with van der Waals surface area (Å²) in [6.07, 6.45) is 6.34. The largest absolute Gasteiger partial charge is 0.395 e. The zero-order valence-electron chi connectivity index (χ0n) is 30.0. The summed E-state index contributed by atoms with van der Waals surface area (Å²) in [5, 5.41) is 18.9. The number of anilines is 2. The molecule has 0 aliphatic carbocycles. The second-order valence-electron chi connectivity index (χ2n) is 15.0. The Morgan fingerprint density at radius 3 is 2.60 bits per heavy atom. The van der Waals surface area contributed by atoms with Crippen LogP contribution in [0.5, 0.6) is 0 Å². The molecule has 2 saturated heterocycles. The number of aliphatic hydroxyl groups is 1.